The molecule has 0 saturated carbocycles. The SMILES string of the molecule is Cn1c(N)nn([C@H]2C[C@H](O)[C@@H](CO)O2)c1=O. The van der Waals surface area contributed by atoms with Crippen molar-refractivity contribution >= 4 is 5.95 Å². The molecule has 8 heteroatoms. The van der Waals surface area contributed by atoms with E-state index in [0.717, 1.165) is 4.68 Å². The Morgan fingerprint density at radius 1 is 1.69 bits per heavy atom. The molecule has 0 aromatic carbocycles. The van der Waals surface area contributed by atoms with Gasteiger partial charge < -0.3 is 20.7 Å². The van der Waals surface area contributed by atoms with Gasteiger partial charge in [-0.15, -0.1) is 5.10 Å². The van der Waals surface area contributed by atoms with Crippen LogP contribution in [0.1, 0.15) is 12.6 Å². The summed E-state index contributed by atoms with van der Waals surface area (Å²) in [6.07, 6.45) is -1.95. The molecule has 90 valence electrons. The summed E-state index contributed by atoms with van der Waals surface area (Å²) < 4.78 is 7.55. The van der Waals surface area contributed by atoms with Gasteiger partial charge in [0.2, 0.25) is 5.95 Å². The number of nitrogens with two attached hydrogens (primary N) is 1. The van der Waals surface area contributed by atoms with Crippen LogP contribution >= 0.6 is 0 Å². The summed E-state index contributed by atoms with van der Waals surface area (Å²) in [4.78, 5) is 11.6. The molecule has 3 atom stereocenters. The van der Waals surface area contributed by atoms with Gasteiger partial charge in [-0.05, 0) is 0 Å². The van der Waals surface area contributed by atoms with E-state index in [1.165, 1.54) is 11.6 Å². The van der Waals surface area contributed by atoms with Gasteiger partial charge >= 0.3 is 5.69 Å². The molecule has 0 bridgehead atoms. The van der Waals surface area contributed by atoms with Crippen LogP contribution in [0.2, 0.25) is 0 Å². The fourth-order valence-electron chi connectivity index (χ4n) is 1.69. The zero-order valence-corrected chi connectivity index (χ0v) is 8.78. The first-order chi connectivity index (χ1) is 7.54. The van der Waals surface area contributed by atoms with Gasteiger partial charge in [0, 0.05) is 13.5 Å². The maximum Gasteiger partial charge on any atom is 0.349 e. The molecular weight excluding hydrogens is 216 g/mol. The molecule has 8 nitrogen and oxygen atoms in total. The lowest BCUT2D eigenvalue weighted by Crippen LogP contribution is -2.28. The molecule has 0 unspecified atom stereocenters. The van der Waals surface area contributed by atoms with Crippen LogP contribution in [0.5, 0.6) is 0 Å². The first-order valence-electron chi connectivity index (χ1n) is 4.90. The van der Waals surface area contributed by atoms with Gasteiger partial charge in [0.05, 0.1) is 12.7 Å². The predicted octanol–water partition coefficient (Wildman–Crippen LogP) is -2.20. The van der Waals surface area contributed by atoms with Gasteiger partial charge in [-0.3, -0.25) is 4.57 Å². The molecule has 0 radical (unpaired) electrons. The van der Waals surface area contributed by atoms with E-state index >= 15 is 0 Å². The fourth-order valence-corrected chi connectivity index (χ4v) is 1.69. The van der Waals surface area contributed by atoms with E-state index in [0.29, 0.717) is 0 Å². The topological polar surface area (TPSA) is 116 Å². The van der Waals surface area contributed by atoms with E-state index in [4.69, 9.17) is 15.6 Å². The minimum Gasteiger partial charge on any atom is -0.394 e. The minimum atomic E-state index is -0.801. The van der Waals surface area contributed by atoms with Crippen molar-refractivity contribution in [1.82, 2.24) is 14.3 Å². The van der Waals surface area contributed by atoms with E-state index in [9.17, 15) is 9.90 Å². The van der Waals surface area contributed by atoms with Crippen molar-refractivity contribution in [3.63, 3.8) is 0 Å². The quantitative estimate of drug-likeness (QED) is 0.531. The Morgan fingerprint density at radius 3 is 2.81 bits per heavy atom. The first kappa shape index (κ1) is 11.1. The second-order valence-electron chi connectivity index (χ2n) is 3.76. The number of aliphatic hydroxyl groups excluding tert-OH is 2. The van der Waals surface area contributed by atoms with Gasteiger partial charge in [0.1, 0.15) is 6.10 Å². The molecule has 0 spiro atoms. The van der Waals surface area contributed by atoms with Gasteiger partial charge in [-0.25, -0.2) is 4.79 Å². The molecule has 1 aromatic heterocycles. The summed E-state index contributed by atoms with van der Waals surface area (Å²) in [5.41, 5.74) is 5.07. The molecule has 1 saturated heterocycles. The highest BCUT2D eigenvalue weighted by molar-refractivity contribution is 5.13. The highest BCUT2D eigenvalue weighted by Crippen LogP contribution is 2.26. The van der Waals surface area contributed by atoms with E-state index in [2.05, 4.69) is 5.10 Å². The lowest BCUT2D eigenvalue weighted by atomic mass is 10.2. The predicted molar refractivity (Wildman–Crippen MR) is 53.5 cm³/mol. The van der Waals surface area contributed by atoms with Crippen LogP contribution in [0.4, 0.5) is 5.95 Å². The molecule has 0 aliphatic carbocycles. The Kier molecular flexibility index (Phi) is 2.70. The largest absolute Gasteiger partial charge is 0.394 e. The number of aliphatic hydroxyl groups is 2. The van der Waals surface area contributed by atoms with E-state index in [1.54, 1.807) is 0 Å². The van der Waals surface area contributed by atoms with Crippen molar-refractivity contribution in [3.8, 4) is 0 Å². The molecule has 1 fully saturated rings. The van der Waals surface area contributed by atoms with E-state index in [1.807, 2.05) is 0 Å². The maximum atomic E-state index is 11.6. The molecule has 1 aromatic rings. The van der Waals surface area contributed by atoms with Gasteiger partial charge in [0.15, 0.2) is 6.23 Å². The second-order valence-corrected chi connectivity index (χ2v) is 3.76. The normalized spacial score (nSPS) is 29.8. The smallest absolute Gasteiger partial charge is 0.349 e. The van der Waals surface area contributed by atoms with E-state index in [-0.39, 0.29) is 19.0 Å². The monoisotopic (exact) mass is 230 g/mol. The zero-order valence-electron chi connectivity index (χ0n) is 8.78. The van der Waals surface area contributed by atoms with Crippen molar-refractivity contribution < 1.29 is 14.9 Å². The number of ether oxygens (including phenoxy) is 1. The summed E-state index contributed by atoms with van der Waals surface area (Å²) >= 11 is 0. The molecule has 2 heterocycles. The summed E-state index contributed by atoms with van der Waals surface area (Å²) in [7, 11) is 1.50. The Bertz CT molecular complexity index is 440. The number of hydrogen-bond donors (Lipinski definition) is 3. The molecule has 2 rings (SSSR count). The Morgan fingerprint density at radius 2 is 2.38 bits per heavy atom. The van der Waals surface area contributed by atoms with Crippen molar-refractivity contribution in [1.29, 1.82) is 0 Å². The van der Waals surface area contributed by atoms with Crippen LogP contribution in [0, 0.1) is 0 Å². The fraction of sp³-hybridized carbons (Fsp3) is 0.750. The highest BCUT2D eigenvalue weighted by atomic mass is 16.5. The Balaban J connectivity index is 2.27. The Hall–Kier alpha value is -1.38. The van der Waals surface area contributed by atoms with Crippen LogP contribution in [0.15, 0.2) is 4.79 Å². The molecule has 1 aliphatic rings. The molecule has 0 amide bonds. The number of anilines is 1. The maximum absolute atomic E-state index is 11.6. The lowest BCUT2D eigenvalue weighted by molar-refractivity contribution is -0.0497. The van der Waals surface area contributed by atoms with Crippen LogP contribution in [0.25, 0.3) is 0 Å². The van der Waals surface area contributed by atoms with Gasteiger partial charge in [0.25, 0.3) is 0 Å². The number of hydrogen-bond acceptors (Lipinski definition) is 6. The number of nitrogen functional groups attached to an aromatic ring is 1. The second kappa shape index (κ2) is 3.89. The Labute approximate surface area is 90.9 Å². The molecular formula is C8H14N4O4. The summed E-state index contributed by atoms with van der Waals surface area (Å²) in [6.45, 7) is -0.297. The van der Waals surface area contributed by atoms with E-state index < -0.39 is 24.1 Å². The van der Waals surface area contributed by atoms with Crippen LogP contribution < -0.4 is 11.4 Å². The lowest BCUT2D eigenvalue weighted by Gasteiger charge is -2.10. The highest BCUT2D eigenvalue weighted by Gasteiger charge is 2.36. The standard InChI is InChI=1S/C8H14N4O4/c1-11-7(9)10-12(8(11)15)6-2-4(14)5(3-13)16-6/h4-6,13-14H,2-3H2,1H3,(H2,9,10)/t4-,5+,6+/m0/s1. The third-order valence-electron chi connectivity index (χ3n) is 2.69. The van der Waals surface area contributed by atoms with Crippen LogP contribution in [-0.2, 0) is 11.8 Å². The zero-order chi connectivity index (χ0) is 11.9. The number of aromatic nitrogens is 3. The van der Waals surface area contributed by atoms with Gasteiger partial charge in [-0.2, -0.15) is 4.68 Å². The van der Waals surface area contributed by atoms with Crippen LogP contribution in [-0.4, -0.2) is 43.4 Å². The van der Waals surface area contributed by atoms with Crippen molar-refractivity contribution in [3.05, 3.63) is 10.5 Å². The summed E-state index contributed by atoms with van der Waals surface area (Å²) in [5.74, 6) is 0.0792. The summed E-state index contributed by atoms with van der Waals surface area (Å²) in [6, 6.07) is 0. The minimum absolute atomic E-state index is 0.0792. The third kappa shape index (κ3) is 1.60. The molecule has 1 aliphatic heterocycles. The first-order valence-corrected chi connectivity index (χ1v) is 4.90. The third-order valence-corrected chi connectivity index (χ3v) is 2.69. The average Bonchev–Trinajstić information content (AvgIpc) is 2.74. The molecule has 4 N–H and O–H groups in total. The van der Waals surface area contributed by atoms with Gasteiger partial charge in [-0.1, -0.05) is 0 Å². The van der Waals surface area contributed by atoms with Crippen LogP contribution in [0.3, 0.4) is 0 Å². The number of nitrogens with zero attached hydrogens (tertiary/aromatic N) is 3. The average molecular weight is 230 g/mol. The van der Waals surface area contributed by atoms with Crippen molar-refractivity contribution in [2.75, 3.05) is 12.3 Å². The summed E-state index contributed by atoms with van der Waals surface area (Å²) in [5, 5.41) is 22.3. The van der Waals surface area contributed by atoms with Crippen molar-refractivity contribution in [2.24, 2.45) is 7.05 Å². The number of rotatable bonds is 2. The van der Waals surface area contributed by atoms with Crippen molar-refractivity contribution in [2.45, 2.75) is 24.9 Å². The molecule has 16 heavy (non-hydrogen) atoms.